The predicted molar refractivity (Wildman–Crippen MR) is 53.5 cm³/mol. The van der Waals surface area contributed by atoms with Gasteiger partial charge in [-0.05, 0) is 30.7 Å². The quantitative estimate of drug-likeness (QED) is 0.742. The molecule has 2 rings (SSSR count). The summed E-state index contributed by atoms with van der Waals surface area (Å²) in [5.74, 6) is 0. The number of benzene rings is 1. The van der Waals surface area contributed by atoms with E-state index in [4.69, 9.17) is 5.73 Å². The molecule has 0 radical (unpaired) electrons. The normalized spacial score (nSPS) is 10.9. The summed E-state index contributed by atoms with van der Waals surface area (Å²) in [4.78, 5) is 0. The first kappa shape index (κ1) is 8.26. The number of rotatable bonds is 2. The highest BCUT2D eigenvalue weighted by Gasteiger charge is 1.98. The third kappa shape index (κ3) is 1.55. The second-order valence-electron chi connectivity index (χ2n) is 3.23. The fraction of sp³-hybridized carbons (Fsp3) is 0.300. The number of aryl methyl sites for hydroxylation is 1. The smallest absolute Gasteiger partial charge is 0.0923 e. The van der Waals surface area contributed by atoms with Gasteiger partial charge in [-0.3, -0.25) is 4.68 Å². The second-order valence-corrected chi connectivity index (χ2v) is 3.23. The van der Waals surface area contributed by atoms with Crippen LogP contribution in [0.5, 0.6) is 0 Å². The average molecular weight is 175 g/mol. The van der Waals surface area contributed by atoms with Crippen LogP contribution in [0.4, 0.5) is 0 Å². The van der Waals surface area contributed by atoms with Crippen LogP contribution in [0.1, 0.15) is 5.56 Å². The number of aromatic nitrogens is 2. The fourth-order valence-electron chi connectivity index (χ4n) is 1.52. The minimum Gasteiger partial charge on any atom is -0.330 e. The Hall–Kier alpha value is -1.35. The highest BCUT2D eigenvalue weighted by molar-refractivity contribution is 5.78. The van der Waals surface area contributed by atoms with Crippen LogP contribution in [0, 0.1) is 0 Å². The minimum atomic E-state index is 0.700. The highest BCUT2D eigenvalue weighted by atomic mass is 15.2. The first-order valence-electron chi connectivity index (χ1n) is 4.42. The van der Waals surface area contributed by atoms with Crippen LogP contribution in [0.25, 0.3) is 10.9 Å². The van der Waals surface area contributed by atoms with Crippen LogP contribution in [-0.2, 0) is 13.5 Å². The van der Waals surface area contributed by atoms with Gasteiger partial charge in [0.25, 0.3) is 0 Å². The van der Waals surface area contributed by atoms with Crippen molar-refractivity contribution in [2.45, 2.75) is 6.42 Å². The molecule has 2 aromatic rings. The lowest BCUT2D eigenvalue weighted by Gasteiger charge is -1.96. The van der Waals surface area contributed by atoms with Crippen LogP contribution < -0.4 is 5.73 Å². The molecule has 2 N–H and O–H groups in total. The van der Waals surface area contributed by atoms with E-state index in [1.54, 1.807) is 0 Å². The fourth-order valence-corrected chi connectivity index (χ4v) is 1.52. The molecule has 3 heteroatoms. The lowest BCUT2D eigenvalue weighted by Crippen LogP contribution is -2.02. The Morgan fingerprint density at radius 3 is 3.08 bits per heavy atom. The van der Waals surface area contributed by atoms with Crippen molar-refractivity contribution in [1.82, 2.24) is 9.78 Å². The lowest BCUT2D eigenvalue weighted by molar-refractivity contribution is 0.780. The molecule has 1 heterocycles. The van der Waals surface area contributed by atoms with Crippen LogP contribution in [0.3, 0.4) is 0 Å². The van der Waals surface area contributed by atoms with E-state index in [0.717, 1.165) is 11.9 Å². The summed E-state index contributed by atoms with van der Waals surface area (Å²) in [6.07, 6.45) is 2.96. The molecule has 0 aliphatic rings. The monoisotopic (exact) mass is 175 g/mol. The number of fused-ring (bicyclic) bond motifs is 1. The highest BCUT2D eigenvalue weighted by Crippen LogP contribution is 2.13. The molecular formula is C10H13N3. The number of hydrogen-bond acceptors (Lipinski definition) is 2. The van der Waals surface area contributed by atoms with Gasteiger partial charge in [-0.2, -0.15) is 5.10 Å². The van der Waals surface area contributed by atoms with Gasteiger partial charge in [0.15, 0.2) is 0 Å². The second kappa shape index (κ2) is 3.18. The van der Waals surface area contributed by atoms with Gasteiger partial charge < -0.3 is 5.73 Å². The molecule has 68 valence electrons. The minimum absolute atomic E-state index is 0.700. The number of hydrogen-bond donors (Lipinski definition) is 1. The summed E-state index contributed by atoms with van der Waals surface area (Å²) in [5.41, 5.74) is 7.81. The molecule has 0 aliphatic heterocycles. The number of nitrogens with zero attached hydrogens (tertiary/aromatic N) is 2. The molecule has 0 spiro atoms. The summed E-state index contributed by atoms with van der Waals surface area (Å²) in [7, 11) is 1.93. The molecule has 0 aliphatic carbocycles. The summed E-state index contributed by atoms with van der Waals surface area (Å²) in [6.45, 7) is 0.700. The van der Waals surface area contributed by atoms with Crippen molar-refractivity contribution < 1.29 is 0 Å². The van der Waals surface area contributed by atoms with Gasteiger partial charge in [-0.1, -0.05) is 6.07 Å². The van der Waals surface area contributed by atoms with Gasteiger partial charge in [0.1, 0.15) is 0 Å². The van der Waals surface area contributed by atoms with Crippen LogP contribution in [-0.4, -0.2) is 16.3 Å². The molecule has 0 saturated carbocycles. The maximum atomic E-state index is 5.49. The zero-order chi connectivity index (χ0) is 9.26. The largest absolute Gasteiger partial charge is 0.330 e. The Balaban J connectivity index is 2.48. The SMILES string of the molecule is Cn1cc2cc(CCN)ccc2n1. The van der Waals surface area contributed by atoms with Gasteiger partial charge >= 0.3 is 0 Å². The molecule has 0 atom stereocenters. The molecule has 0 bridgehead atoms. The topological polar surface area (TPSA) is 43.8 Å². The van der Waals surface area contributed by atoms with Gasteiger partial charge in [-0.15, -0.1) is 0 Å². The zero-order valence-corrected chi connectivity index (χ0v) is 7.70. The summed E-state index contributed by atoms with van der Waals surface area (Å²) in [6, 6.07) is 6.28. The molecule has 0 unspecified atom stereocenters. The maximum Gasteiger partial charge on any atom is 0.0923 e. The van der Waals surface area contributed by atoms with E-state index in [9.17, 15) is 0 Å². The summed E-state index contributed by atoms with van der Waals surface area (Å²) >= 11 is 0. The third-order valence-corrected chi connectivity index (χ3v) is 2.12. The maximum absolute atomic E-state index is 5.49. The Bertz CT molecular complexity index is 417. The first-order chi connectivity index (χ1) is 6.29. The number of nitrogens with two attached hydrogens (primary N) is 1. The molecule has 3 nitrogen and oxygen atoms in total. The van der Waals surface area contributed by atoms with E-state index >= 15 is 0 Å². The zero-order valence-electron chi connectivity index (χ0n) is 7.70. The molecule has 1 aromatic carbocycles. The van der Waals surface area contributed by atoms with E-state index in [2.05, 4.69) is 17.2 Å². The van der Waals surface area contributed by atoms with Crippen LogP contribution in [0.2, 0.25) is 0 Å². The van der Waals surface area contributed by atoms with E-state index in [1.165, 1.54) is 10.9 Å². The average Bonchev–Trinajstić information content (AvgIpc) is 2.44. The van der Waals surface area contributed by atoms with E-state index in [-0.39, 0.29) is 0 Å². The van der Waals surface area contributed by atoms with Crippen molar-refractivity contribution >= 4 is 10.9 Å². The van der Waals surface area contributed by atoms with Crippen molar-refractivity contribution in [3.8, 4) is 0 Å². The predicted octanol–water partition coefficient (Wildman–Crippen LogP) is 1.07. The van der Waals surface area contributed by atoms with Crippen molar-refractivity contribution in [2.75, 3.05) is 6.54 Å². The van der Waals surface area contributed by atoms with E-state index < -0.39 is 0 Å². The van der Waals surface area contributed by atoms with E-state index in [0.29, 0.717) is 6.54 Å². The van der Waals surface area contributed by atoms with Crippen molar-refractivity contribution in [1.29, 1.82) is 0 Å². The van der Waals surface area contributed by atoms with Crippen LogP contribution in [0.15, 0.2) is 24.4 Å². The Kier molecular flexibility index (Phi) is 2.02. The third-order valence-electron chi connectivity index (χ3n) is 2.12. The standard InChI is InChI=1S/C10H13N3/c1-13-7-9-6-8(4-5-11)2-3-10(9)12-13/h2-3,6-7H,4-5,11H2,1H3. The van der Waals surface area contributed by atoms with Crippen molar-refractivity contribution in [2.24, 2.45) is 12.8 Å². The molecule has 0 saturated heterocycles. The Morgan fingerprint density at radius 1 is 1.46 bits per heavy atom. The first-order valence-corrected chi connectivity index (χ1v) is 4.42. The lowest BCUT2D eigenvalue weighted by atomic mass is 10.1. The van der Waals surface area contributed by atoms with Crippen molar-refractivity contribution in [3.05, 3.63) is 30.0 Å². The summed E-state index contributed by atoms with van der Waals surface area (Å²) in [5, 5.41) is 5.49. The summed E-state index contributed by atoms with van der Waals surface area (Å²) < 4.78 is 1.83. The van der Waals surface area contributed by atoms with Crippen LogP contribution >= 0.6 is 0 Å². The Labute approximate surface area is 77.2 Å². The van der Waals surface area contributed by atoms with E-state index in [1.807, 2.05) is 24.0 Å². The van der Waals surface area contributed by atoms with Gasteiger partial charge in [-0.25, -0.2) is 0 Å². The molecule has 0 fully saturated rings. The molecule has 13 heavy (non-hydrogen) atoms. The Morgan fingerprint density at radius 2 is 2.31 bits per heavy atom. The van der Waals surface area contributed by atoms with Gasteiger partial charge in [0, 0.05) is 18.6 Å². The van der Waals surface area contributed by atoms with Crippen molar-refractivity contribution in [3.63, 3.8) is 0 Å². The molecule has 0 amide bonds. The van der Waals surface area contributed by atoms with Gasteiger partial charge in [0.2, 0.25) is 0 Å². The van der Waals surface area contributed by atoms with Gasteiger partial charge in [0.05, 0.1) is 5.52 Å². The molecule has 1 aromatic heterocycles. The molecular weight excluding hydrogens is 162 g/mol.